The van der Waals surface area contributed by atoms with Gasteiger partial charge < -0.3 is 14.5 Å². The first-order valence-electron chi connectivity index (χ1n) is 17.3. The van der Waals surface area contributed by atoms with E-state index in [1.165, 1.54) is 58.4 Å². The lowest BCUT2D eigenvalue weighted by atomic mass is 9.81. The number of hydrogen-bond donors (Lipinski definition) is 0. The van der Waals surface area contributed by atoms with E-state index in [0.29, 0.717) is 42.8 Å². The molecule has 4 aliphatic rings. The number of piperazine rings is 1. The van der Waals surface area contributed by atoms with Gasteiger partial charge in [-0.25, -0.2) is 9.97 Å². The van der Waals surface area contributed by atoms with E-state index in [1.54, 1.807) is 25.3 Å². The molecule has 244 valence electrons. The van der Waals surface area contributed by atoms with Gasteiger partial charge in [-0.15, -0.1) is 0 Å². The van der Waals surface area contributed by atoms with Gasteiger partial charge in [0.15, 0.2) is 17.4 Å². The van der Waals surface area contributed by atoms with Gasteiger partial charge in [0.1, 0.15) is 11.8 Å². The van der Waals surface area contributed by atoms with Gasteiger partial charge in [0.05, 0.1) is 19.0 Å². The Hall–Kier alpha value is -3.04. The fraction of sp³-hybridized carbons (Fsp3) is 0.667. The van der Waals surface area contributed by atoms with Crippen LogP contribution in [-0.2, 0) is 11.2 Å². The zero-order chi connectivity index (χ0) is 31.7. The lowest BCUT2D eigenvalue weighted by molar-refractivity contribution is -0.120. The summed E-state index contributed by atoms with van der Waals surface area (Å²) in [6, 6.07) is 6.38. The third-order valence-corrected chi connectivity index (χ3v) is 10.6. The molecule has 9 heteroatoms. The van der Waals surface area contributed by atoms with Crippen LogP contribution in [0.3, 0.4) is 0 Å². The molecule has 1 atom stereocenters. The van der Waals surface area contributed by atoms with Crippen LogP contribution in [0.2, 0.25) is 0 Å². The molecule has 6 rings (SSSR count). The monoisotopic (exact) mass is 616 g/mol. The van der Waals surface area contributed by atoms with Crippen molar-refractivity contribution in [3.63, 3.8) is 0 Å². The zero-order valence-electron chi connectivity index (χ0n) is 28.0. The van der Waals surface area contributed by atoms with Crippen molar-refractivity contribution in [2.45, 2.75) is 96.7 Å². The van der Waals surface area contributed by atoms with Crippen LogP contribution in [0.25, 0.3) is 0 Å². The van der Waals surface area contributed by atoms with Gasteiger partial charge >= 0.3 is 0 Å². The fourth-order valence-electron chi connectivity index (χ4n) is 7.80. The quantitative estimate of drug-likeness (QED) is 0.319. The molecule has 2 aliphatic heterocycles. The van der Waals surface area contributed by atoms with E-state index >= 15 is 0 Å². The fourth-order valence-corrected chi connectivity index (χ4v) is 7.80. The Labute approximate surface area is 269 Å². The van der Waals surface area contributed by atoms with Crippen LogP contribution in [0.5, 0.6) is 5.75 Å². The second kappa shape index (κ2) is 13.8. The number of carbonyl (C=O) groups excluding carboxylic acids is 2. The summed E-state index contributed by atoms with van der Waals surface area (Å²) in [6.07, 6.45) is 11.1. The standard InChI is InChI=1S/C36H52N6O3/c1-6-31-36(44)39(4)34-35(42(31)24(2)3)38-29(22-37-34)20-28-12-11-27(21-33(28)45-5)32(43)19-25-9-13-30(14-10-25)41-17-15-40(16-18-41)23-26-7-8-26/h11-12,21-22,24-26,30-31H,6-10,13-20,23H2,1-5H3/t25?,30?,31-/m1/s1. The minimum absolute atomic E-state index is 0.0492. The number of carbonyl (C=O) groups is 2. The van der Waals surface area contributed by atoms with Gasteiger partial charge in [-0.3, -0.25) is 19.4 Å². The molecule has 3 fully saturated rings. The predicted octanol–water partition coefficient (Wildman–Crippen LogP) is 5.21. The van der Waals surface area contributed by atoms with Gasteiger partial charge in [-0.1, -0.05) is 19.1 Å². The molecule has 2 aliphatic carbocycles. The average molecular weight is 617 g/mol. The highest BCUT2D eigenvalue weighted by molar-refractivity contribution is 6.03. The lowest BCUT2D eigenvalue weighted by Gasteiger charge is -2.42. The van der Waals surface area contributed by atoms with Crippen LogP contribution >= 0.6 is 0 Å². The lowest BCUT2D eigenvalue weighted by Crippen LogP contribution is -2.55. The number of amides is 1. The maximum Gasteiger partial charge on any atom is 0.250 e. The van der Waals surface area contributed by atoms with E-state index in [2.05, 4.69) is 33.5 Å². The number of hydrogen-bond acceptors (Lipinski definition) is 8. The Kier molecular flexibility index (Phi) is 9.76. The SMILES string of the molecule is CC[C@@H]1C(=O)N(C)c2ncc(Cc3ccc(C(=O)CC4CCC(N5CCN(CC6CC6)CC5)CC4)cc3OC)nc2N1C(C)C. The van der Waals surface area contributed by atoms with Crippen LogP contribution in [0.4, 0.5) is 11.6 Å². The third kappa shape index (κ3) is 7.04. The molecule has 1 aromatic heterocycles. The topological polar surface area (TPSA) is 82.1 Å². The van der Waals surface area contributed by atoms with E-state index in [9.17, 15) is 9.59 Å². The van der Waals surface area contributed by atoms with E-state index < -0.39 is 0 Å². The molecule has 1 saturated heterocycles. The van der Waals surface area contributed by atoms with E-state index in [1.807, 2.05) is 25.1 Å². The average Bonchev–Trinajstić information content (AvgIpc) is 3.87. The van der Waals surface area contributed by atoms with Crippen molar-refractivity contribution >= 4 is 23.3 Å². The Balaban J connectivity index is 1.06. The minimum Gasteiger partial charge on any atom is -0.496 e. The van der Waals surface area contributed by atoms with E-state index in [-0.39, 0.29) is 23.8 Å². The molecule has 2 aromatic rings. The van der Waals surface area contributed by atoms with Gasteiger partial charge in [-0.05, 0) is 76.7 Å². The number of anilines is 2. The summed E-state index contributed by atoms with van der Waals surface area (Å²) >= 11 is 0. The Morgan fingerprint density at radius 2 is 1.71 bits per heavy atom. The number of likely N-dealkylation sites (N-methyl/N-ethyl adjacent to an activating group) is 1. The summed E-state index contributed by atoms with van der Waals surface area (Å²) in [6.45, 7) is 12.4. The first kappa shape index (κ1) is 31.9. The number of nitrogens with zero attached hydrogens (tertiary/aromatic N) is 6. The van der Waals surface area contributed by atoms with E-state index in [0.717, 1.165) is 41.4 Å². The molecule has 2 saturated carbocycles. The Morgan fingerprint density at radius 1 is 1.00 bits per heavy atom. The number of ether oxygens (including phenoxy) is 1. The first-order valence-corrected chi connectivity index (χ1v) is 17.3. The van der Waals surface area contributed by atoms with E-state index in [4.69, 9.17) is 9.72 Å². The van der Waals surface area contributed by atoms with Crippen molar-refractivity contribution in [3.05, 3.63) is 41.2 Å². The van der Waals surface area contributed by atoms with Crippen molar-refractivity contribution in [3.8, 4) is 5.75 Å². The second-order valence-electron chi connectivity index (χ2n) is 14.1. The van der Waals surface area contributed by atoms with Gasteiger partial charge in [0, 0.05) is 75.8 Å². The van der Waals surface area contributed by atoms with Crippen molar-refractivity contribution < 1.29 is 14.3 Å². The third-order valence-electron chi connectivity index (χ3n) is 10.6. The predicted molar refractivity (Wildman–Crippen MR) is 178 cm³/mol. The molecule has 1 aromatic carbocycles. The molecule has 0 bridgehead atoms. The highest BCUT2D eigenvalue weighted by Gasteiger charge is 2.39. The number of aromatic nitrogens is 2. The highest BCUT2D eigenvalue weighted by Crippen LogP contribution is 2.36. The Morgan fingerprint density at radius 3 is 2.36 bits per heavy atom. The molecule has 3 heterocycles. The van der Waals surface area contributed by atoms with Crippen LogP contribution in [0, 0.1) is 11.8 Å². The normalized spacial score (nSPS) is 24.7. The molecule has 45 heavy (non-hydrogen) atoms. The maximum atomic E-state index is 13.4. The molecular formula is C36H52N6O3. The number of benzene rings is 1. The second-order valence-corrected chi connectivity index (χ2v) is 14.1. The molecule has 0 spiro atoms. The first-order chi connectivity index (χ1) is 21.7. The van der Waals surface area contributed by atoms with Crippen molar-refractivity contribution in [1.29, 1.82) is 0 Å². The van der Waals surface area contributed by atoms with Gasteiger partial charge in [-0.2, -0.15) is 0 Å². The van der Waals surface area contributed by atoms with Crippen LogP contribution < -0.4 is 14.5 Å². The summed E-state index contributed by atoms with van der Waals surface area (Å²) < 4.78 is 5.78. The molecular weight excluding hydrogens is 564 g/mol. The number of fused-ring (bicyclic) bond motifs is 1. The van der Waals surface area contributed by atoms with Crippen LogP contribution in [-0.4, -0.2) is 96.5 Å². The van der Waals surface area contributed by atoms with Crippen molar-refractivity contribution in [2.24, 2.45) is 11.8 Å². The number of methoxy groups -OCH3 is 1. The van der Waals surface area contributed by atoms with Crippen LogP contribution in [0.1, 0.15) is 93.8 Å². The van der Waals surface area contributed by atoms with Crippen molar-refractivity contribution in [2.75, 3.05) is 56.7 Å². The summed E-state index contributed by atoms with van der Waals surface area (Å²) in [5.41, 5.74) is 2.48. The molecule has 9 nitrogen and oxygen atoms in total. The summed E-state index contributed by atoms with van der Waals surface area (Å²) in [7, 11) is 3.43. The summed E-state index contributed by atoms with van der Waals surface area (Å²) in [5, 5.41) is 0. The molecule has 0 unspecified atom stereocenters. The Bertz CT molecular complexity index is 1360. The van der Waals surface area contributed by atoms with Crippen molar-refractivity contribution in [1.82, 2.24) is 19.8 Å². The number of Topliss-reactive ketones (excluding diaryl/α,β-unsaturated/α-hetero) is 1. The van der Waals surface area contributed by atoms with Crippen LogP contribution in [0.15, 0.2) is 24.4 Å². The van der Waals surface area contributed by atoms with Gasteiger partial charge in [0.2, 0.25) is 0 Å². The molecule has 0 radical (unpaired) electrons. The zero-order valence-corrected chi connectivity index (χ0v) is 28.0. The minimum atomic E-state index is -0.255. The highest BCUT2D eigenvalue weighted by atomic mass is 16.5. The number of ketones is 1. The largest absolute Gasteiger partial charge is 0.496 e. The summed E-state index contributed by atoms with van der Waals surface area (Å²) in [4.78, 5) is 45.2. The van der Waals surface area contributed by atoms with Gasteiger partial charge in [0.25, 0.3) is 5.91 Å². The maximum absolute atomic E-state index is 13.4. The smallest absolute Gasteiger partial charge is 0.250 e. The number of rotatable bonds is 11. The molecule has 1 amide bonds. The summed E-state index contributed by atoms with van der Waals surface area (Å²) in [5.74, 6) is 3.73. The molecule has 0 N–H and O–H groups in total.